The fourth-order valence-corrected chi connectivity index (χ4v) is 3.93. The first kappa shape index (κ1) is 22.5. The van der Waals surface area contributed by atoms with Gasteiger partial charge >= 0.3 is 0 Å². The number of hydrogen-bond donors (Lipinski definition) is 0. The van der Waals surface area contributed by atoms with E-state index in [4.69, 9.17) is 0 Å². The van der Waals surface area contributed by atoms with Crippen LogP contribution in [0.5, 0.6) is 0 Å². The Bertz CT molecular complexity index is 1360. The summed E-state index contributed by atoms with van der Waals surface area (Å²) in [6.07, 6.45) is 4.70. The highest BCUT2D eigenvalue weighted by molar-refractivity contribution is 5.44. The Kier molecular flexibility index (Phi) is 6.18. The zero-order valence-electron chi connectivity index (χ0n) is 18.5. The predicted octanol–water partition coefficient (Wildman–Crippen LogP) is 5.32. The summed E-state index contributed by atoms with van der Waals surface area (Å²) in [5.41, 5.74) is 3.64. The van der Waals surface area contributed by atoms with Crippen LogP contribution in [0.4, 0.5) is 13.2 Å². The highest BCUT2D eigenvalue weighted by Gasteiger charge is 2.18. The van der Waals surface area contributed by atoms with Crippen LogP contribution in [0.1, 0.15) is 52.9 Å². The molecular formula is C25H23F3N4O. The van der Waals surface area contributed by atoms with Crippen LogP contribution in [-0.4, -0.2) is 19.1 Å². The number of benzene rings is 1. The molecule has 0 bridgehead atoms. The molecule has 0 spiro atoms. The molecule has 0 N–H and O–H groups in total. The van der Waals surface area contributed by atoms with Crippen LogP contribution in [0.3, 0.4) is 0 Å². The van der Waals surface area contributed by atoms with E-state index in [0.717, 1.165) is 34.9 Å². The van der Waals surface area contributed by atoms with Crippen molar-refractivity contribution in [3.63, 3.8) is 0 Å². The van der Waals surface area contributed by atoms with Crippen LogP contribution in [0.2, 0.25) is 0 Å². The first-order valence-corrected chi connectivity index (χ1v) is 10.5. The van der Waals surface area contributed by atoms with Crippen molar-refractivity contribution < 1.29 is 13.2 Å². The summed E-state index contributed by atoms with van der Waals surface area (Å²) in [4.78, 5) is 21.3. The minimum absolute atomic E-state index is 0.192. The molecule has 0 amide bonds. The standard InChI is InChI=1S/C25H23F3N4O/c1-15-6-18(4-5-23(15)31-12-16(2)30-14-31)7-19-8-21(24(27)28)13-32(25(19)33)17(3)20-9-22(26)11-29-10-20/h4-6,8-14,17,24H,7H2,1-3H3/t17-/m0/s1. The maximum Gasteiger partial charge on any atom is 0.265 e. The zero-order chi connectivity index (χ0) is 23.7. The van der Waals surface area contributed by atoms with E-state index in [1.165, 1.54) is 22.9 Å². The molecule has 3 heterocycles. The molecule has 170 valence electrons. The molecule has 1 aromatic carbocycles. The van der Waals surface area contributed by atoms with Crippen LogP contribution in [-0.2, 0) is 6.42 Å². The number of halogens is 3. The van der Waals surface area contributed by atoms with Gasteiger partial charge in [-0.25, -0.2) is 18.2 Å². The van der Waals surface area contributed by atoms with Crippen molar-refractivity contribution in [2.45, 2.75) is 39.7 Å². The van der Waals surface area contributed by atoms with Crippen molar-refractivity contribution in [2.24, 2.45) is 0 Å². The number of imidazole rings is 1. The Morgan fingerprint density at radius 1 is 1.03 bits per heavy atom. The van der Waals surface area contributed by atoms with Crippen molar-refractivity contribution in [3.8, 4) is 5.69 Å². The van der Waals surface area contributed by atoms with Gasteiger partial charge < -0.3 is 9.13 Å². The molecule has 0 radical (unpaired) electrons. The minimum Gasteiger partial charge on any atom is -0.308 e. The van der Waals surface area contributed by atoms with Gasteiger partial charge in [0.05, 0.1) is 24.3 Å². The lowest BCUT2D eigenvalue weighted by Crippen LogP contribution is -2.27. The summed E-state index contributed by atoms with van der Waals surface area (Å²) in [7, 11) is 0. The summed E-state index contributed by atoms with van der Waals surface area (Å²) in [6, 6.07) is 7.57. The molecule has 0 saturated carbocycles. The fraction of sp³-hybridized carbons (Fsp3) is 0.240. The van der Waals surface area contributed by atoms with Gasteiger partial charge in [0.15, 0.2) is 0 Å². The number of aryl methyl sites for hydroxylation is 2. The summed E-state index contributed by atoms with van der Waals surface area (Å²) in [5, 5.41) is 0. The minimum atomic E-state index is -2.75. The quantitative estimate of drug-likeness (QED) is 0.398. The number of hydrogen-bond acceptors (Lipinski definition) is 3. The molecule has 4 aromatic rings. The Morgan fingerprint density at radius 2 is 1.82 bits per heavy atom. The van der Waals surface area contributed by atoms with Gasteiger partial charge in [0.25, 0.3) is 12.0 Å². The second kappa shape index (κ2) is 9.05. The first-order chi connectivity index (χ1) is 15.7. The zero-order valence-corrected chi connectivity index (χ0v) is 18.5. The summed E-state index contributed by atoms with van der Waals surface area (Å²) in [5.74, 6) is -0.554. The van der Waals surface area contributed by atoms with E-state index in [2.05, 4.69) is 9.97 Å². The number of rotatable bonds is 6. The van der Waals surface area contributed by atoms with Gasteiger partial charge in [-0.1, -0.05) is 12.1 Å². The van der Waals surface area contributed by atoms with Crippen molar-refractivity contribution in [3.05, 3.63) is 111 Å². The van der Waals surface area contributed by atoms with Crippen LogP contribution in [0, 0.1) is 19.7 Å². The van der Waals surface area contributed by atoms with Gasteiger partial charge in [-0.05, 0) is 55.7 Å². The van der Waals surface area contributed by atoms with E-state index in [9.17, 15) is 18.0 Å². The van der Waals surface area contributed by atoms with Crippen molar-refractivity contribution in [2.75, 3.05) is 0 Å². The Morgan fingerprint density at radius 3 is 2.45 bits per heavy atom. The van der Waals surface area contributed by atoms with E-state index in [0.29, 0.717) is 5.56 Å². The summed E-state index contributed by atoms with van der Waals surface area (Å²) < 4.78 is 44.0. The summed E-state index contributed by atoms with van der Waals surface area (Å²) in [6.45, 7) is 5.51. The number of alkyl halides is 2. The molecule has 1 atom stereocenters. The molecule has 0 unspecified atom stereocenters. The van der Waals surface area contributed by atoms with E-state index in [1.54, 1.807) is 13.3 Å². The third-order valence-corrected chi connectivity index (χ3v) is 5.66. The molecule has 3 aromatic heterocycles. The first-order valence-electron chi connectivity index (χ1n) is 10.5. The molecule has 0 aliphatic heterocycles. The molecule has 0 saturated heterocycles. The fourth-order valence-electron chi connectivity index (χ4n) is 3.93. The second-order valence-corrected chi connectivity index (χ2v) is 8.14. The molecule has 4 rings (SSSR count). The van der Waals surface area contributed by atoms with Crippen molar-refractivity contribution in [1.29, 1.82) is 0 Å². The number of nitrogens with zero attached hydrogens (tertiary/aromatic N) is 4. The van der Waals surface area contributed by atoms with E-state index < -0.39 is 23.8 Å². The SMILES string of the molecule is Cc1cn(-c2ccc(Cc3cc(C(F)F)cn([C@@H](C)c4cncc(F)c4)c3=O)cc2C)cn1. The third-order valence-electron chi connectivity index (χ3n) is 5.66. The van der Waals surface area contributed by atoms with Crippen molar-refractivity contribution in [1.82, 2.24) is 19.1 Å². The average molecular weight is 452 g/mol. The maximum absolute atomic E-state index is 13.6. The van der Waals surface area contributed by atoms with Gasteiger partial charge in [0, 0.05) is 41.8 Å². The Labute approximate surface area is 189 Å². The second-order valence-electron chi connectivity index (χ2n) is 8.14. The molecule has 0 aliphatic carbocycles. The Hall–Kier alpha value is -3.68. The van der Waals surface area contributed by atoms with Crippen LogP contribution in [0.25, 0.3) is 5.69 Å². The van der Waals surface area contributed by atoms with Crippen LogP contribution >= 0.6 is 0 Å². The predicted molar refractivity (Wildman–Crippen MR) is 120 cm³/mol. The molecule has 0 fully saturated rings. The molecule has 8 heteroatoms. The molecule has 33 heavy (non-hydrogen) atoms. The van der Waals surface area contributed by atoms with Crippen LogP contribution < -0.4 is 5.56 Å². The molecule has 0 aliphatic rings. The van der Waals surface area contributed by atoms with E-state index in [-0.39, 0.29) is 17.5 Å². The van der Waals surface area contributed by atoms with Crippen molar-refractivity contribution >= 4 is 0 Å². The maximum atomic E-state index is 13.6. The van der Waals surface area contributed by atoms with Gasteiger partial charge in [0.1, 0.15) is 5.82 Å². The van der Waals surface area contributed by atoms with Gasteiger partial charge in [-0.15, -0.1) is 0 Å². The highest BCUT2D eigenvalue weighted by atomic mass is 19.3. The lowest BCUT2D eigenvalue weighted by molar-refractivity contribution is 0.150. The smallest absolute Gasteiger partial charge is 0.265 e. The van der Waals surface area contributed by atoms with Gasteiger partial charge in [0.2, 0.25) is 0 Å². The highest BCUT2D eigenvalue weighted by Crippen LogP contribution is 2.24. The van der Waals surface area contributed by atoms with E-state index >= 15 is 0 Å². The van der Waals surface area contributed by atoms with Gasteiger partial charge in [-0.3, -0.25) is 9.78 Å². The summed E-state index contributed by atoms with van der Waals surface area (Å²) >= 11 is 0. The largest absolute Gasteiger partial charge is 0.308 e. The van der Waals surface area contributed by atoms with Crippen LogP contribution in [0.15, 0.2) is 66.2 Å². The molecular weight excluding hydrogens is 429 g/mol. The lowest BCUT2D eigenvalue weighted by atomic mass is 10.0. The monoisotopic (exact) mass is 452 g/mol. The Balaban J connectivity index is 1.72. The van der Waals surface area contributed by atoms with E-state index in [1.807, 2.05) is 42.8 Å². The number of pyridine rings is 2. The van der Waals surface area contributed by atoms with Gasteiger partial charge in [-0.2, -0.15) is 0 Å². The topological polar surface area (TPSA) is 52.7 Å². The lowest BCUT2D eigenvalue weighted by Gasteiger charge is -2.18. The third kappa shape index (κ3) is 4.74. The number of aromatic nitrogens is 4. The average Bonchev–Trinajstić information content (AvgIpc) is 3.20. The molecule has 5 nitrogen and oxygen atoms in total. The normalized spacial score (nSPS) is 12.3.